The van der Waals surface area contributed by atoms with Crippen LogP contribution >= 0.6 is 11.3 Å². The van der Waals surface area contributed by atoms with E-state index in [4.69, 9.17) is 0 Å². The van der Waals surface area contributed by atoms with Crippen molar-refractivity contribution >= 4 is 26.9 Å². The monoisotopic (exact) mass is 296 g/mol. The highest BCUT2D eigenvalue weighted by molar-refractivity contribution is 7.90. The standard InChI is InChI=1S/C13H16N2O2S2/c1-10(9-19(2,16)17)15-12-5-3-4-11(8-12)13-14-6-7-18-13/h3-8,10,15H,9H2,1-2H3. The van der Waals surface area contributed by atoms with E-state index in [1.807, 2.05) is 36.6 Å². The van der Waals surface area contributed by atoms with Crippen molar-refractivity contribution in [2.45, 2.75) is 13.0 Å². The van der Waals surface area contributed by atoms with E-state index in [1.54, 1.807) is 17.5 Å². The van der Waals surface area contributed by atoms with Gasteiger partial charge in [0.15, 0.2) is 0 Å². The summed E-state index contributed by atoms with van der Waals surface area (Å²) in [5.41, 5.74) is 1.94. The summed E-state index contributed by atoms with van der Waals surface area (Å²) in [6.07, 6.45) is 3.02. The Labute approximate surface area is 117 Å². The second-order valence-corrected chi connectivity index (χ2v) is 7.64. The van der Waals surface area contributed by atoms with Gasteiger partial charge in [0.1, 0.15) is 14.8 Å². The first-order chi connectivity index (χ1) is 8.94. The Bertz CT molecular complexity index is 636. The fourth-order valence-corrected chi connectivity index (χ4v) is 3.52. The van der Waals surface area contributed by atoms with E-state index in [9.17, 15) is 8.42 Å². The first kappa shape index (κ1) is 14.0. The average Bonchev–Trinajstić information content (AvgIpc) is 2.79. The molecule has 0 bridgehead atoms. The second kappa shape index (κ2) is 5.71. The molecule has 2 rings (SSSR count). The van der Waals surface area contributed by atoms with Gasteiger partial charge in [0.25, 0.3) is 0 Å². The lowest BCUT2D eigenvalue weighted by Gasteiger charge is -2.14. The molecule has 0 radical (unpaired) electrons. The molecular formula is C13H16N2O2S2. The number of sulfone groups is 1. The van der Waals surface area contributed by atoms with E-state index in [0.717, 1.165) is 16.3 Å². The van der Waals surface area contributed by atoms with Crippen LogP contribution in [0.5, 0.6) is 0 Å². The van der Waals surface area contributed by atoms with Gasteiger partial charge in [0.05, 0.1) is 5.75 Å². The third kappa shape index (κ3) is 4.33. The van der Waals surface area contributed by atoms with Gasteiger partial charge < -0.3 is 5.32 Å². The van der Waals surface area contributed by atoms with Gasteiger partial charge in [-0.3, -0.25) is 0 Å². The topological polar surface area (TPSA) is 59.1 Å². The van der Waals surface area contributed by atoms with E-state index in [2.05, 4.69) is 10.3 Å². The molecule has 4 nitrogen and oxygen atoms in total. The first-order valence-corrected chi connectivity index (χ1v) is 8.82. The summed E-state index contributed by atoms with van der Waals surface area (Å²) in [4.78, 5) is 4.26. The summed E-state index contributed by atoms with van der Waals surface area (Å²) >= 11 is 1.58. The molecule has 1 heterocycles. The lowest BCUT2D eigenvalue weighted by molar-refractivity contribution is 0.598. The maximum atomic E-state index is 11.2. The molecule has 0 aliphatic heterocycles. The predicted molar refractivity (Wildman–Crippen MR) is 80.3 cm³/mol. The molecule has 0 aliphatic carbocycles. The molecule has 0 saturated heterocycles. The lowest BCUT2D eigenvalue weighted by atomic mass is 10.2. The van der Waals surface area contributed by atoms with E-state index in [-0.39, 0.29) is 11.8 Å². The minimum atomic E-state index is -2.97. The van der Waals surface area contributed by atoms with Crippen molar-refractivity contribution in [3.63, 3.8) is 0 Å². The zero-order valence-corrected chi connectivity index (χ0v) is 12.5. The Morgan fingerprint density at radius 1 is 1.42 bits per heavy atom. The molecule has 1 N–H and O–H groups in total. The quantitative estimate of drug-likeness (QED) is 0.921. The van der Waals surface area contributed by atoms with E-state index in [0.29, 0.717) is 0 Å². The van der Waals surface area contributed by atoms with Gasteiger partial charge in [-0.15, -0.1) is 11.3 Å². The normalized spacial score (nSPS) is 13.2. The molecule has 6 heteroatoms. The molecular weight excluding hydrogens is 280 g/mol. The molecule has 0 saturated carbocycles. The van der Waals surface area contributed by atoms with Crippen molar-refractivity contribution in [1.82, 2.24) is 4.98 Å². The Hall–Kier alpha value is -1.40. The van der Waals surface area contributed by atoms with Crippen LogP contribution in [-0.4, -0.2) is 31.5 Å². The third-order valence-electron chi connectivity index (χ3n) is 2.51. The molecule has 0 amide bonds. The number of hydrogen-bond acceptors (Lipinski definition) is 5. The molecule has 2 aromatic rings. The van der Waals surface area contributed by atoms with Crippen LogP contribution in [0.1, 0.15) is 6.92 Å². The summed E-state index contributed by atoms with van der Waals surface area (Å²) in [7, 11) is -2.97. The highest BCUT2D eigenvalue weighted by Gasteiger charge is 2.10. The fourth-order valence-electron chi connectivity index (χ4n) is 1.89. The van der Waals surface area contributed by atoms with Gasteiger partial charge in [0, 0.05) is 35.1 Å². The van der Waals surface area contributed by atoms with Crippen molar-refractivity contribution in [3.05, 3.63) is 35.8 Å². The van der Waals surface area contributed by atoms with Gasteiger partial charge in [-0.1, -0.05) is 12.1 Å². The van der Waals surface area contributed by atoms with Crippen LogP contribution in [0.15, 0.2) is 35.8 Å². The van der Waals surface area contributed by atoms with Crippen molar-refractivity contribution in [3.8, 4) is 10.6 Å². The largest absolute Gasteiger partial charge is 0.382 e. The van der Waals surface area contributed by atoms with E-state index in [1.165, 1.54) is 6.26 Å². The highest BCUT2D eigenvalue weighted by Crippen LogP contribution is 2.24. The summed E-state index contributed by atoms with van der Waals surface area (Å²) in [5.74, 6) is 0.120. The van der Waals surface area contributed by atoms with Gasteiger partial charge in [-0.05, 0) is 19.1 Å². The molecule has 102 valence electrons. The minimum absolute atomic E-state index is 0.120. The van der Waals surface area contributed by atoms with Gasteiger partial charge in [-0.2, -0.15) is 0 Å². The van der Waals surface area contributed by atoms with E-state index < -0.39 is 9.84 Å². The second-order valence-electron chi connectivity index (χ2n) is 4.56. The van der Waals surface area contributed by atoms with Gasteiger partial charge >= 0.3 is 0 Å². The Morgan fingerprint density at radius 2 is 2.21 bits per heavy atom. The maximum Gasteiger partial charge on any atom is 0.149 e. The number of rotatable bonds is 5. The molecule has 19 heavy (non-hydrogen) atoms. The van der Waals surface area contributed by atoms with Crippen LogP contribution in [0.25, 0.3) is 10.6 Å². The number of anilines is 1. The number of hydrogen-bond donors (Lipinski definition) is 1. The van der Waals surface area contributed by atoms with E-state index >= 15 is 0 Å². The summed E-state index contributed by atoms with van der Waals surface area (Å²) in [5, 5.41) is 6.09. The SMILES string of the molecule is CC(CS(C)(=O)=O)Nc1cccc(-c2nccs2)c1. The van der Waals surface area contributed by atoms with Crippen LogP contribution in [0.4, 0.5) is 5.69 Å². The molecule has 1 atom stereocenters. The van der Waals surface area contributed by atoms with Gasteiger partial charge in [0.2, 0.25) is 0 Å². The first-order valence-electron chi connectivity index (χ1n) is 5.88. The predicted octanol–water partition coefficient (Wildman–Crippen LogP) is 2.66. The van der Waals surface area contributed by atoms with Crippen molar-refractivity contribution in [1.29, 1.82) is 0 Å². The van der Waals surface area contributed by atoms with Crippen LogP contribution in [0.2, 0.25) is 0 Å². The highest BCUT2D eigenvalue weighted by atomic mass is 32.2. The average molecular weight is 296 g/mol. The molecule has 0 fully saturated rings. The Kier molecular flexibility index (Phi) is 4.21. The van der Waals surface area contributed by atoms with Crippen molar-refractivity contribution in [2.75, 3.05) is 17.3 Å². The van der Waals surface area contributed by atoms with Crippen LogP contribution in [0, 0.1) is 0 Å². The zero-order chi connectivity index (χ0) is 13.9. The van der Waals surface area contributed by atoms with Crippen LogP contribution in [0.3, 0.4) is 0 Å². The number of benzene rings is 1. The summed E-state index contributed by atoms with van der Waals surface area (Å²) < 4.78 is 22.5. The van der Waals surface area contributed by atoms with Crippen LogP contribution in [-0.2, 0) is 9.84 Å². The Balaban J connectivity index is 2.12. The molecule has 1 aromatic carbocycles. The minimum Gasteiger partial charge on any atom is -0.382 e. The smallest absolute Gasteiger partial charge is 0.149 e. The van der Waals surface area contributed by atoms with Crippen LogP contribution < -0.4 is 5.32 Å². The van der Waals surface area contributed by atoms with Gasteiger partial charge in [-0.25, -0.2) is 13.4 Å². The number of aromatic nitrogens is 1. The molecule has 0 spiro atoms. The molecule has 1 aromatic heterocycles. The number of nitrogens with zero attached hydrogens (tertiary/aromatic N) is 1. The van der Waals surface area contributed by atoms with Crippen molar-refractivity contribution < 1.29 is 8.42 Å². The zero-order valence-electron chi connectivity index (χ0n) is 10.8. The Morgan fingerprint density at radius 3 is 2.84 bits per heavy atom. The summed E-state index contributed by atoms with van der Waals surface area (Å²) in [6.45, 7) is 1.86. The third-order valence-corrected chi connectivity index (χ3v) is 4.44. The fraction of sp³-hybridized carbons (Fsp3) is 0.308. The maximum absolute atomic E-state index is 11.2. The summed E-state index contributed by atoms with van der Waals surface area (Å²) in [6, 6.07) is 7.71. The number of nitrogens with one attached hydrogen (secondary N) is 1. The lowest BCUT2D eigenvalue weighted by Crippen LogP contribution is -2.24. The molecule has 1 unspecified atom stereocenters. The van der Waals surface area contributed by atoms with Crippen molar-refractivity contribution in [2.24, 2.45) is 0 Å². The number of thiazole rings is 1. The molecule has 0 aliphatic rings.